The number of nitrogens with one attached hydrogen (secondary N) is 2. The molecule has 0 fully saturated rings. The molecule has 68 heavy (non-hydrogen) atoms. The number of quaternary nitrogens is 2. The van der Waals surface area contributed by atoms with E-state index < -0.39 is 0 Å². The van der Waals surface area contributed by atoms with Crippen molar-refractivity contribution >= 4 is 114 Å². The van der Waals surface area contributed by atoms with E-state index in [1.54, 1.807) is 58.3 Å². The van der Waals surface area contributed by atoms with Gasteiger partial charge in [0.25, 0.3) is 23.6 Å². The molecule has 0 spiro atoms. The Balaban J connectivity index is 0.783. The highest BCUT2D eigenvalue weighted by Crippen LogP contribution is 2.44. The number of halogens is 4. The van der Waals surface area contributed by atoms with Crippen molar-refractivity contribution in [3.05, 3.63) is 162 Å². The summed E-state index contributed by atoms with van der Waals surface area (Å²) in [4.78, 5) is 58.8. The Kier molecular flexibility index (Phi) is 15.6. The van der Waals surface area contributed by atoms with E-state index in [1.165, 1.54) is 0 Å². The van der Waals surface area contributed by atoms with Crippen molar-refractivity contribution in [1.82, 2.24) is 20.4 Å². The van der Waals surface area contributed by atoms with Crippen molar-refractivity contribution in [2.75, 3.05) is 79.0 Å². The molecule has 16 heteroatoms. The molecule has 0 radical (unpaired) electrons. The van der Waals surface area contributed by atoms with Gasteiger partial charge in [0.1, 0.15) is 0 Å². The third-order valence-corrected chi connectivity index (χ3v) is 16.2. The summed E-state index contributed by atoms with van der Waals surface area (Å²) in [5, 5.41) is 8.21. The molecule has 4 heterocycles. The van der Waals surface area contributed by atoms with Gasteiger partial charge in [-0.2, -0.15) is 0 Å². The quantitative estimate of drug-likeness (QED) is 0.0490. The van der Waals surface area contributed by atoms with Crippen LogP contribution in [-0.2, 0) is 19.2 Å². The maximum Gasteiger partial charge on any atom is 0.261 e. The van der Waals surface area contributed by atoms with Crippen LogP contribution in [0.1, 0.15) is 47.9 Å². The summed E-state index contributed by atoms with van der Waals surface area (Å²) in [5.74, 6) is 1.09. The number of nitrogens with zero attached hydrogens (tertiary/aromatic N) is 4. The second-order valence-electron chi connectivity index (χ2n) is 18.6. The standard InChI is InChI=1S/C52H52Cl4N6O4S2/c1-61(2,27-7-5-25-59-47(35-13-21-39(55)22-14-35)43-41(51(59)65)45(57-49(43)63)33-9-17-37(53)18-10-33)29-31-67-68-32-30-62(3,4)28-8-6-26-60-48(36-15-23-40(56)24-16-36)44-42(52(60)66)46(58-50(44)64)34-11-19-38(54)20-12-34/h9-24H,5-8,25-32H2,1-4H3/p+2. The van der Waals surface area contributed by atoms with Gasteiger partial charge in [0.15, 0.2) is 0 Å². The maximum absolute atomic E-state index is 14.1. The van der Waals surface area contributed by atoms with Crippen molar-refractivity contribution < 1.29 is 28.1 Å². The molecule has 8 rings (SSSR count). The van der Waals surface area contributed by atoms with Gasteiger partial charge in [0, 0.05) is 33.2 Å². The Morgan fingerprint density at radius 1 is 0.426 bits per heavy atom. The minimum atomic E-state index is -0.292. The Hall–Kier alpha value is -4.50. The molecule has 0 saturated heterocycles. The highest BCUT2D eigenvalue weighted by atomic mass is 35.5. The van der Waals surface area contributed by atoms with Crippen LogP contribution in [0.5, 0.6) is 0 Å². The third kappa shape index (κ3) is 11.1. The molecule has 354 valence electrons. The molecule has 2 N–H and O–H groups in total. The SMILES string of the molecule is C[N+](C)(CCCCN1C(=O)C2=C(c3ccc(Cl)cc3)NC(=O)C2=C1c1ccc(Cl)cc1)CCSSCC[N+](C)(C)CCCCN1C(=O)C2=C(c3ccc(Cl)cc3)NC(=O)C2=C1c1ccc(Cl)cc1. The van der Waals surface area contributed by atoms with Crippen LogP contribution in [0.15, 0.2) is 119 Å². The van der Waals surface area contributed by atoms with E-state index in [4.69, 9.17) is 46.4 Å². The first-order valence-corrected chi connectivity index (χ1v) is 26.7. The average Bonchev–Trinajstić information content (AvgIpc) is 4.01. The zero-order valence-electron chi connectivity index (χ0n) is 38.5. The van der Waals surface area contributed by atoms with Gasteiger partial charge in [-0.05, 0) is 96.5 Å². The summed E-state index contributed by atoms with van der Waals surface area (Å²) < 4.78 is 1.73. The number of hydrogen-bond acceptors (Lipinski definition) is 6. The average molecular weight is 1030 g/mol. The van der Waals surface area contributed by atoms with Gasteiger partial charge < -0.3 is 29.4 Å². The Bertz CT molecular complexity index is 2560. The number of carbonyl (C=O) groups excluding carboxylic acids is 4. The van der Waals surface area contributed by atoms with E-state index in [2.05, 4.69) is 38.8 Å². The topological polar surface area (TPSA) is 98.8 Å². The van der Waals surface area contributed by atoms with E-state index in [1.807, 2.05) is 70.1 Å². The summed E-state index contributed by atoms with van der Waals surface area (Å²) in [6.07, 6.45) is 3.41. The minimum Gasteiger partial charge on any atom is -0.328 e. The van der Waals surface area contributed by atoms with Crippen LogP contribution in [0, 0.1) is 0 Å². The number of carbonyl (C=O) groups is 4. The van der Waals surface area contributed by atoms with Crippen LogP contribution in [0.4, 0.5) is 0 Å². The molecule has 4 aromatic rings. The van der Waals surface area contributed by atoms with Gasteiger partial charge in [0.05, 0.1) is 111 Å². The number of benzene rings is 4. The molecule has 0 aliphatic carbocycles. The van der Waals surface area contributed by atoms with Gasteiger partial charge in [-0.15, -0.1) is 0 Å². The van der Waals surface area contributed by atoms with E-state index in [-0.39, 0.29) is 23.6 Å². The van der Waals surface area contributed by atoms with Gasteiger partial charge >= 0.3 is 0 Å². The van der Waals surface area contributed by atoms with E-state index >= 15 is 0 Å². The van der Waals surface area contributed by atoms with Crippen molar-refractivity contribution in [3.8, 4) is 0 Å². The van der Waals surface area contributed by atoms with E-state index in [0.29, 0.717) is 78.3 Å². The fraction of sp³-hybridized carbons (Fsp3) is 0.308. The predicted molar refractivity (Wildman–Crippen MR) is 280 cm³/mol. The van der Waals surface area contributed by atoms with Crippen molar-refractivity contribution in [2.24, 2.45) is 0 Å². The van der Waals surface area contributed by atoms with Gasteiger partial charge in [-0.3, -0.25) is 19.2 Å². The Labute approximate surface area is 426 Å². The lowest BCUT2D eigenvalue weighted by Gasteiger charge is -2.31. The van der Waals surface area contributed by atoms with E-state index in [0.717, 1.165) is 94.6 Å². The minimum absolute atomic E-state index is 0.182. The normalized spacial score (nSPS) is 16.2. The van der Waals surface area contributed by atoms with E-state index in [9.17, 15) is 19.2 Å². The first kappa shape index (κ1) is 49.9. The lowest BCUT2D eigenvalue weighted by Crippen LogP contribution is -2.43. The molecule has 0 saturated carbocycles. The van der Waals surface area contributed by atoms with Gasteiger partial charge in [-0.25, -0.2) is 0 Å². The lowest BCUT2D eigenvalue weighted by molar-refractivity contribution is -0.888. The smallest absolute Gasteiger partial charge is 0.261 e. The highest BCUT2D eigenvalue weighted by molar-refractivity contribution is 8.76. The Morgan fingerprint density at radius 3 is 1.06 bits per heavy atom. The molecule has 0 aromatic heterocycles. The van der Waals surface area contributed by atoms with Crippen LogP contribution in [-0.4, -0.2) is 121 Å². The second kappa shape index (κ2) is 21.2. The zero-order valence-corrected chi connectivity index (χ0v) is 43.1. The predicted octanol–water partition coefficient (Wildman–Crippen LogP) is 10.3. The first-order valence-electron chi connectivity index (χ1n) is 22.7. The molecular formula is C52H54Cl4N6O4S2+2. The van der Waals surface area contributed by atoms with Crippen LogP contribution in [0.3, 0.4) is 0 Å². The van der Waals surface area contributed by atoms with Gasteiger partial charge in [0.2, 0.25) is 0 Å². The van der Waals surface area contributed by atoms with Crippen molar-refractivity contribution in [2.45, 2.75) is 25.7 Å². The van der Waals surface area contributed by atoms with Crippen LogP contribution in [0.25, 0.3) is 22.8 Å². The molecule has 4 aliphatic heterocycles. The van der Waals surface area contributed by atoms with Crippen molar-refractivity contribution in [1.29, 1.82) is 0 Å². The third-order valence-electron chi connectivity index (χ3n) is 12.8. The van der Waals surface area contributed by atoms with Crippen molar-refractivity contribution in [3.63, 3.8) is 0 Å². The summed E-state index contributed by atoms with van der Waals surface area (Å²) in [6, 6.07) is 28.8. The molecule has 4 aromatic carbocycles. The van der Waals surface area contributed by atoms with Crippen LogP contribution < -0.4 is 10.6 Å². The molecular weight excluding hydrogens is 979 g/mol. The summed E-state index contributed by atoms with van der Waals surface area (Å²) in [6.45, 7) is 4.92. The fourth-order valence-corrected chi connectivity index (χ4v) is 12.0. The second-order valence-corrected chi connectivity index (χ2v) is 23.1. The maximum atomic E-state index is 14.1. The number of unbranched alkanes of at least 4 members (excludes halogenated alkanes) is 2. The molecule has 0 atom stereocenters. The first-order chi connectivity index (χ1) is 32.5. The lowest BCUT2D eigenvalue weighted by atomic mass is 10.0. The summed E-state index contributed by atoms with van der Waals surface area (Å²) in [7, 11) is 12.8. The molecule has 4 amide bonds. The number of fused-ring (bicyclic) bond motifs is 2. The van der Waals surface area contributed by atoms with Crippen LogP contribution >= 0.6 is 68.0 Å². The fourth-order valence-electron chi connectivity index (χ4n) is 9.02. The number of hydrogen-bond donors (Lipinski definition) is 2. The zero-order chi connectivity index (χ0) is 48.3. The number of rotatable bonds is 21. The van der Waals surface area contributed by atoms with Crippen LogP contribution in [0.2, 0.25) is 20.1 Å². The highest BCUT2D eigenvalue weighted by Gasteiger charge is 2.46. The Morgan fingerprint density at radius 2 is 0.735 bits per heavy atom. The monoisotopic (exact) mass is 1030 g/mol. The summed E-state index contributed by atoms with van der Waals surface area (Å²) in [5.41, 5.74) is 6.85. The number of amides is 4. The largest absolute Gasteiger partial charge is 0.328 e. The van der Waals surface area contributed by atoms with Gasteiger partial charge in [-0.1, -0.05) is 117 Å². The molecule has 0 bridgehead atoms. The molecule has 10 nitrogen and oxygen atoms in total. The molecule has 0 unspecified atom stereocenters. The summed E-state index contributed by atoms with van der Waals surface area (Å²) >= 11 is 24.8. The molecule has 4 aliphatic rings.